The van der Waals surface area contributed by atoms with Gasteiger partial charge in [-0.1, -0.05) is 0 Å². The van der Waals surface area contributed by atoms with E-state index in [0.29, 0.717) is 17.5 Å². The maximum atomic E-state index is 11.6. The van der Waals surface area contributed by atoms with Gasteiger partial charge < -0.3 is 5.32 Å². The molecule has 2 atom stereocenters. The fourth-order valence-corrected chi connectivity index (χ4v) is 4.77. The SMILES string of the molecule is CNCC1CCCN1C1CCCS(=O)(=O)C1. The molecule has 1 N–H and O–H groups in total. The zero-order valence-corrected chi connectivity index (χ0v) is 10.8. The van der Waals surface area contributed by atoms with Gasteiger partial charge in [0, 0.05) is 18.6 Å². The van der Waals surface area contributed by atoms with Gasteiger partial charge in [0.25, 0.3) is 0 Å². The molecule has 2 rings (SSSR count). The predicted molar refractivity (Wildman–Crippen MR) is 65.3 cm³/mol. The Hall–Kier alpha value is -0.130. The van der Waals surface area contributed by atoms with Gasteiger partial charge in [-0.2, -0.15) is 0 Å². The van der Waals surface area contributed by atoms with Gasteiger partial charge >= 0.3 is 0 Å². The van der Waals surface area contributed by atoms with E-state index in [1.807, 2.05) is 7.05 Å². The molecule has 0 spiro atoms. The number of nitrogens with one attached hydrogen (secondary N) is 1. The molecule has 2 unspecified atom stereocenters. The van der Waals surface area contributed by atoms with Crippen LogP contribution >= 0.6 is 0 Å². The largest absolute Gasteiger partial charge is 0.318 e. The third-order valence-electron chi connectivity index (χ3n) is 3.77. The van der Waals surface area contributed by atoms with E-state index in [4.69, 9.17) is 0 Å². The Morgan fingerprint density at radius 2 is 2.12 bits per heavy atom. The second-order valence-electron chi connectivity index (χ2n) is 5.00. The van der Waals surface area contributed by atoms with Crippen LogP contribution in [0.5, 0.6) is 0 Å². The van der Waals surface area contributed by atoms with Crippen LogP contribution in [0.1, 0.15) is 25.7 Å². The summed E-state index contributed by atoms with van der Waals surface area (Å²) < 4.78 is 23.3. The van der Waals surface area contributed by atoms with Crippen molar-refractivity contribution in [3.63, 3.8) is 0 Å². The topological polar surface area (TPSA) is 49.4 Å². The van der Waals surface area contributed by atoms with Crippen molar-refractivity contribution < 1.29 is 8.42 Å². The number of likely N-dealkylation sites (N-methyl/N-ethyl adjacent to an activating group) is 1. The minimum Gasteiger partial charge on any atom is -0.318 e. The number of nitrogens with zero attached hydrogens (tertiary/aromatic N) is 1. The Bertz CT molecular complexity index is 329. The van der Waals surface area contributed by atoms with Gasteiger partial charge in [-0.25, -0.2) is 8.42 Å². The van der Waals surface area contributed by atoms with E-state index in [-0.39, 0.29) is 6.04 Å². The number of hydrogen-bond acceptors (Lipinski definition) is 4. The Labute approximate surface area is 98.3 Å². The van der Waals surface area contributed by atoms with Gasteiger partial charge in [0.05, 0.1) is 11.5 Å². The first-order valence-electron chi connectivity index (χ1n) is 6.23. The van der Waals surface area contributed by atoms with E-state index in [2.05, 4.69) is 10.2 Å². The lowest BCUT2D eigenvalue weighted by molar-refractivity contribution is 0.179. The lowest BCUT2D eigenvalue weighted by Crippen LogP contribution is -2.48. The fraction of sp³-hybridized carbons (Fsp3) is 1.00. The molecule has 0 aromatic carbocycles. The molecule has 4 nitrogen and oxygen atoms in total. The number of sulfone groups is 1. The molecule has 0 aliphatic carbocycles. The Kier molecular flexibility index (Phi) is 3.87. The lowest BCUT2D eigenvalue weighted by Gasteiger charge is -2.35. The number of likely N-dealkylation sites (tertiary alicyclic amines) is 1. The van der Waals surface area contributed by atoms with E-state index >= 15 is 0 Å². The highest BCUT2D eigenvalue weighted by Crippen LogP contribution is 2.25. The minimum atomic E-state index is -2.77. The molecule has 2 aliphatic rings. The highest BCUT2D eigenvalue weighted by Gasteiger charge is 2.34. The summed E-state index contributed by atoms with van der Waals surface area (Å²) in [4.78, 5) is 2.42. The molecule has 94 valence electrons. The molecular weight excluding hydrogens is 224 g/mol. The number of rotatable bonds is 3. The maximum Gasteiger partial charge on any atom is 0.151 e. The van der Waals surface area contributed by atoms with Crippen molar-refractivity contribution in [2.24, 2.45) is 0 Å². The van der Waals surface area contributed by atoms with Gasteiger partial charge in [-0.05, 0) is 39.3 Å². The third kappa shape index (κ3) is 2.76. The van der Waals surface area contributed by atoms with Gasteiger partial charge in [-0.15, -0.1) is 0 Å². The quantitative estimate of drug-likeness (QED) is 0.775. The fourth-order valence-electron chi connectivity index (χ4n) is 3.05. The van der Waals surface area contributed by atoms with Crippen LogP contribution in [-0.2, 0) is 9.84 Å². The summed E-state index contributed by atoms with van der Waals surface area (Å²) in [5.41, 5.74) is 0. The average Bonchev–Trinajstić information content (AvgIpc) is 2.65. The van der Waals surface area contributed by atoms with Gasteiger partial charge in [0.1, 0.15) is 0 Å². The highest BCUT2D eigenvalue weighted by atomic mass is 32.2. The van der Waals surface area contributed by atoms with Crippen molar-refractivity contribution in [1.29, 1.82) is 0 Å². The molecule has 5 heteroatoms. The maximum absolute atomic E-state index is 11.6. The molecule has 2 aliphatic heterocycles. The zero-order valence-electron chi connectivity index (χ0n) is 9.98. The van der Waals surface area contributed by atoms with Crippen molar-refractivity contribution in [3.05, 3.63) is 0 Å². The van der Waals surface area contributed by atoms with Gasteiger partial charge in [0.2, 0.25) is 0 Å². The zero-order chi connectivity index (χ0) is 11.6. The molecule has 2 fully saturated rings. The normalized spacial score (nSPS) is 35.3. The van der Waals surface area contributed by atoms with E-state index in [0.717, 1.165) is 25.9 Å². The van der Waals surface area contributed by atoms with Crippen LogP contribution < -0.4 is 5.32 Å². The minimum absolute atomic E-state index is 0.277. The lowest BCUT2D eigenvalue weighted by atomic mass is 10.1. The first-order valence-corrected chi connectivity index (χ1v) is 8.05. The summed E-state index contributed by atoms with van der Waals surface area (Å²) in [5.74, 6) is 0.779. The molecule has 0 bridgehead atoms. The molecule has 2 saturated heterocycles. The molecule has 0 aromatic rings. The summed E-state index contributed by atoms with van der Waals surface area (Å²) in [6, 6.07) is 0.822. The van der Waals surface area contributed by atoms with Crippen molar-refractivity contribution >= 4 is 9.84 Å². The average molecular weight is 246 g/mol. The van der Waals surface area contributed by atoms with Crippen LogP contribution in [0.15, 0.2) is 0 Å². The van der Waals surface area contributed by atoms with E-state index in [1.165, 1.54) is 12.8 Å². The first kappa shape index (κ1) is 12.3. The van der Waals surface area contributed by atoms with Crippen molar-refractivity contribution in [3.8, 4) is 0 Å². The molecule has 0 amide bonds. The standard InChI is InChI=1S/C11H22N2O2S/c1-12-8-10-4-2-6-13(10)11-5-3-7-16(14,15)9-11/h10-12H,2-9H2,1H3. The Morgan fingerprint density at radius 3 is 2.81 bits per heavy atom. The third-order valence-corrected chi connectivity index (χ3v) is 5.57. The summed E-state index contributed by atoms with van der Waals surface area (Å²) >= 11 is 0. The molecular formula is C11H22N2O2S. The van der Waals surface area contributed by atoms with Crippen molar-refractivity contribution in [2.75, 3.05) is 31.6 Å². The molecule has 0 radical (unpaired) electrons. The van der Waals surface area contributed by atoms with Crippen LogP contribution in [0.25, 0.3) is 0 Å². The smallest absolute Gasteiger partial charge is 0.151 e. The number of hydrogen-bond donors (Lipinski definition) is 1. The first-order chi connectivity index (χ1) is 7.62. The summed E-state index contributed by atoms with van der Waals surface area (Å²) in [6.07, 6.45) is 4.31. The molecule has 0 aromatic heterocycles. The highest BCUT2D eigenvalue weighted by molar-refractivity contribution is 7.91. The van der Waals surface area contributed by atoms with Crippen molar-refractivity contribution in [1.82, 2.24) is 10.2 Å². The van der Waals surface area contributed by atoms with Gasteiger partial charge in [-0.3, -0.25) is 4.90 Å². The van der Waals surface area contributed by atoms with E-state index in [1.54, 1.807) is 0 Å². The van der Waals surface area contributed by atoms with Crippen LogP contribution in [0.3, 0.4) is 0 Å². The Morgan fingerprint density at radius 1 is 1.31 bits per heavy atom. The van der Waals surface area contributed by atoms with Crippen molar-refractivity contribution in [2.45, 2.75) is 37.8 Å². The molecule has 2 heterocycles. The summed E-state index contributed by atoms with van der Waals surface area (Å²) in [6.45, 7) is 2.06. The Balaban J connectivity index is 2.00. The van der Waals surface area contributed by atoms with E-state index < -0.39 is 9.84 Å². The molecule has 16 heavy (non-hydrogen) atoms. The second-order valence-corrected chi connectivity index (χ2v) is 7.23. The van der Waals surface area contributed by atoms with Crippen LogP contribution in [-0.4, -0.2) is 57.0 Å². The van der Waals surface area contributed by atoms with Crippen LogP contribution in [0, 0.1) is 0 Å². The monoisotopic (exact) mass is 246 g/mol. The van der Waals surface area contributed by atoms with Crippen LogP contribution in [0.2, 0.25) is 0 Å². The van der Waals surface area contributed by atoms with Gasteiger partial charge in [0.15, 0.2) is 9.84 Å². The molecule has 0 saturated carbocycles. The second kappa shape index (κ2) is 5.02. The predicted octanol–water partition coefficient (Wildman–Crippen LogP) is 0.247. The van der Waals surface area contributed by atoms with E-state index in [9.17, 15) is 8.42 Å². The summed E-state index contributed by atoms with van der Waals surface area (Å²) in [7, 11) is -0.803. The van der Waals surface area contributed by atoms with Crippen LogP contribution in [0.4, 0.5) is 0 Å². The summed E-state index contributed by atoms with van der Waals surface area (Å²) in [5, 5.41) is 3.21.